The van der Waals surface area contributed by atoms with Gasteiger partial charge in [0.15, 0.2) is 11.6 Å². The standard InChI is InChI=1S/C16H17FO/c1-12(2)14-9-7-13(8-10-14)11-18-16-6-4-3-5-15(16)17/h3-10,12H,11H2,1-2H3. The molecule has 0 unspecified atom stereocenters. The molecular formula is C16H17FO. The maximum Gasteiger partial charge on any atom is 0.165 e. The average molecular weight is 244 g/mol. The Balaban J connectivity index is 2.00. The zero-order valence-electron chi connectivity index (χ0n) is 10.7. The van der Waals surface area contributed by atoms with Gasteiger partial charge in [-0.3, -0.25) is 0 Å². The Morgan fingerprint density at radius 1 is 1.00 bits per heavy atom. The Kier molecular flexibility index (Phi) is 3.98. The first kappa shape index (κ1) is 12.6. The zero-order valence-corrected chi connectivity index (χ0v) is 10.7. The molecule has 0 N–H and O–H groups in total. The number of ether oxygens (including phenoxy) is 1. The van der Waals surface area contributed by atoms with E-state index in [9.17, 15) is 4.39 Å². The molecule has 2 aromatic carbocycles. The highest BCUT2D eigenvalue weighted by molar-refractivity contribution is 5.26. The zero-order chi connectivity index (χ0) is 13.0. The largest absolute Gasteiger partial charge is 0.486 e. The summed E-state index contributed by atoms with van der Waals surface area (Å²) >= 11 is 0. The number of hydrogen-bond donors (Lipinski definition) is 0. The van der Waals surface area contributed by atoms with Crippen molar-refractivity contribution in [2.75, 3.05) is 0 Å². The van der Waals surface area contributed by atoms with Crippen LogP contribution in [0, 0.1) is 5.82 Å². The van der Waals surface area contributed by atoms with E-state index in [-0.39, 0.29) is 5.82 Å². The van der Waals surface area contributed by atoms with Crippen LogP contribution < -0.4 is 4.74 Å². The van der Waals surface area contributed by atoms with E-state index in [2.05, 4.69) is 26.0 Å². The molecule has 0 aliphatic heterocycles. The summed E-state index contributed by atoms with van der Waals surface area (Å²) in [5, 5.41) is 0. The molecule has 0 amide bonds. The molecular weight excluding hydrogens is 227 g/mol. The predicted octanol–water partition coefficient (Wildman–Crippen LogP) is 4.53. The van der Waals surface area contributed by atoms with Crippen LogP contribution in [-0.4, -0.2) is 0 Å². The molecule has 0 aromatic heterocycles. The van der Waals surface area contributed by atoms with Gasteiger partial charge in [0.25, 0.3) is 0 Å². The van der Waals surface area contributed by atoms with Crippen LogP contribution in [0.5, 0.6) is 5.75 Å². The van der Waals surface area contributed by atoms with Crippen molar-refractivity contribution in [2.45, 2.75) is 26.4 Å². The van der Waals surface area contributed by atoms with E-state index < -0.39 is 0 Å². The smallest absolute Gasteiger partial charge is 0.165 e. The third-order valence-corrected chi connectivity index (χ3v) is 2.88. The van der Waals surface area contributed by atoms with Crippen LogP contribution in [0.3, 0.4) is 0 Å². The minimum atomic E-state index is -0.323. The second-order valence-corrected chi connectivity index (χ2v) is 4.62. The van der Waals surface area contributed by atoms with Gasteiger partial charge in [0.05, 0.1) is 0 Å². The molecule has 0 heterocycles. The van der Waals surface area contributed by atoms with Gasteiger partial charge in [-0.2, -0.15) is 0 Å². The summed E-state index contributed by atoms with van der Waals surface area (Å²) in [6.07, 6.45) is 0. The van der Waals surface area contributed by atoms with Gasteiger partial charge in [0.2, 0.25) is 0 Å². The van der Waals surface area contributed by atoms with Crippen LogP contribution in [0.1, 0.15) is 30.9 Å². The highest BCUT2D eigenvalue weighted by Crippen LogP contribution is 2.18. The van der Waals surface area contributed by atoms with Gasteiger partial charge >= 0.3 is 0 Å². The van der Waals surface area contributed by atoms with Crippen molar-refractivity contribution < 1.29 is 9.13 Å². The minimum absolute atomic E-state index is 0.297. The number of benzene rings is 2. The van der Waals surface area contributed by atoms with Gasteiger partial charge in [0.1, 0.15) is 6.61 Å². The molecule has 0 fully saturated rings. The van der Waals surface area contributed by atoms with Crippen molar-refractivity contribution in [3.8, 4) is 5.75 Å². The lowest BCUT2D eigenvalue weighted by atomic mass is 10.0. The normalized spacial score (nSPS) is 10.7. The quantitative estimate of drug-likeness (QED) is 0.767. The minimum Gasteiger partial charge on any atom is -0.486 e. The van der Waals surface area contributed by atoms with Crippen LogP contribution in [-0.2, 0) is 6.61 Å². The second kappa shape index (κ2) is 5.67. The van der Waals surface area contributed by atoms with E-state index in [1.807, 2.05) is 12.1 Å². The van der Waals surface area contributed by atoms with Crippen LogP contribution in [0.15, 0.2) is 48.5 Å². The van der Waals surface area contributed by atoms with E-state index in [1.54, 1.807) is 18.2 Å². The van der Waals surface area contributed by atoms with Gasteiger partial charge in [-0.15, -0.1) is 0 Å². The first-order valence-electron chi connectivity index (χ1n) is 6.13. The number of rotatable bonds is 4. The number of para-hydroxylation sites is 1. The molecule has 0 aliphatic rings. The first-order chi connectivity index (χ1) is 8.66. The SMILES string of the molecule is CC(C)c1ccc(COc2ccccc2F)cc1. The Hall–Kier alpha value is -1.83. The molecule has 2 heteroatoms. The molecule has 0 spiro atoms. The monoisotopic (exact) mass is 244 g/mol. The first-order valence-corrected chi connectivity index (χ1v) is 6.13. The van der Waals surface area contributed by atoms with E-state index in [4.69, 9.17) is 4.74 Å². The summed E-state index contributed by atoms with van der Waals surface area (Å²) in [6.45, 7) is 4.70. The van der Waals surface area contributed by atoms with E-state index in [0.29, 0.717) is 18.3 Å². The molecule has 2 aromatic rings. The lowest BCUT2D eigenvalue weighted by molar-refractivity contribution is 0.290. The molecule has 0 atom stereocenters. The molecule has 18 heavy (non-hydrogen) atoms. The van der Waals surface area contributed by atoms with E-state index >= 15 is 0 Å². The molecule has 0 saturated heterocycles. The fourth-order valence-corrected chi connectivity index (χ4v) is 1.72. The van der Waals surface area contributed by atoms with Gasteiger partial charge in [-0.1, -0.05) is 50.2 Å². The van der Waals surface area contributed by atoms with Crippen molar-refractivity contribution >= 4 is 0 Å². The highest BCUT2D eigenvalue weighted by atomic mass is 19.1. The summed E-state index contributed by atoms with van der Waals surface area (Å²) < 4.78 is 18.8. The van der Waals surface area contributed by atoms with Crippen molar-refractivity contribution in [3.63, 3.8) is 0 Å². The maximum atomic E-state index is 13.3. The van der Waals surface area contributed by atoms with Crippen LogP contribution in [0.4, 0.5) is 4.39 Å². The third kappa shape index (κ3) is 3.10. The molecule has 2 rings (SSSR count). The fraction of sp³-hybridized carbons (Fsp3) is 0.250. The summed E-state index contributed by atoms with van der Waals surface area (Å²) in [4.78, 5) is 0. The topological polar surface area (TPSA) is 9.23 Å². The van der Waals surface area contributed by atoms with Crippen LogP contribution in [0.25, 0.3) is 0 Å². The summed E-state index contributed by atoms with van der Waals surface area (Å²) in [5.74, 6) is 0.494. The Morgan fingerprint density at radius 3 is 2.28 bits per heavy atom. The number of halogens is 1. The third-order valence-electron chi connectivity index (χ3n) is 2.88. The Morgan fingerprint density at radius 2 is 1.67 bits per heavy atom. The predicted molar refractivity (Wildman–Crippen MR) is 71.3 cm³/mol. The van der Waals surface area contributed by atoms with Crippen molar-refractivity contribution in [2.24, 2.45) is 0 Å². The van der Waals surface area contributed by atoms with Crippen molar-refractivity contribution in [3.05, 3.63) is 65.5 Å². The molecule has 0 bridgehead atoms. The molecule has 0 radical (unpaired) electrons. The summed E-state index contributed by atoms with van der Waals surface area (Å²) in [6, 6.07) is 14.7. The molecule has 94 valence electrons. The van der Waals surface area contributed by atoms with Crippen LogP contribution >= 0.6 is 0 Å². The van der Waals surface area contributed by atoms with E-state index in [0.717, 1.165) is 5.56 Å². The Bertz CT molecular complexity index is 503. The van der Waals surface area contributed by atoms with Crippen LogP contribution in [0.2, 0.25) is 0 Å². The fourth-order valence-electron chi connectivity index (χ4n) is 1.72. The maximum absolute atomic E-state index is 13.3. The van der Waals surface area contributed by atoms with Gasteiger partial charge in [-0.25, -0.2) is 4.39 Å². The van der Waals surface area contributed by atoms with Crippen molar-refractivity contribution in [1.29, 1.82) is 0 Å². The van der Waals surface area contributed by atoms with E-state index in [1.165, 1.54) is 11.6 Å². The van der Waals surface area contributed by atoms with Gasteiger partial charge < -0.3 is 4.74 Å². The number of hydrogen-bond acceptors (Lipinski definition) is 1. The molecule has 0 aliphatic carbocycles. The van der Waals surface area contributed by atoms with Crippen molar-refractivity contribution in [1.82, 2.24) is 0 Å². The Labute approximate surface area is 107 Å². The lowest BCUT2D eigenvalue weighted by Crippen LogP contribution is -1.97. The average Bonchev–Trinajstić information content (AvgIpc) is 2.38. The van der Waals surface area contributed by atoms with Gasteiger partial charge in [-0.05, 0) is 29.2 Å². The highest BCUT2D eigenvalue weighted by Gasteiger charge is 2.03. The summed E-state index contributed by atoms with van der Waals surface area (Å²) in [5.41, 5.74) is 2.34. The summed E-state index contributed by atoms with van der Waals surface area (Å²) in [7, 11) is 0. The molecule has 0 saturated carbocycles. The lowest BCUT2D eigenvalue weighted by Gasteiger charge is -2.09. The second-order valence-electron chi connectivity index (χ2n) is 4.62. The molecule has 1 nitrogen and oxygen atoms in total. The van der Waals surface area contributed by atoms with Gasteiger partial charge in [0, 0.05) is 0 Å².